The van der Waals surface area contributed by atoms with E-state index in [1.807, 2.05) is 38.1 Å². The average molecular weight is 290 g/mol. The zero-order valence-electron chi connectivity index (χ0n) is 11.4. The molecule has 0 fully saturated rings. The average Bonchev–Trinajstić information content (AvgIpc) is 2.74. The second-order valence-corrected chi connectivity index (χ2v) is 4.92. The quantitative estimate of drug-likeness (QED) is 0.868. The number of carbonyl (C=O) groups excluding carboxylic acids is 1. The molecule has 0 radical (unpaired) electrons. The van der Waals surface area contributed by atoms with Gasteiger partial charge in [0.25, 0.3) is 0 Å². The zero-order chi connectivity index (χ0) is 14.5. The van der Waals surface area contributed by atoms with Gasteiger partial charge in [0, 0.05) is 23.2 Å². The van der Waals surface area contributed by atoms with Crippen LogP contribution in [0.25, 0.3) is 6.08 Å². The normalized spacial score (nSPS) is 10.9. The smallest absolute Gasteiger partial charge is 0.244 e. The van der Waals surface area contributed by atoms with E-state index >= 15 is 0 Å². The van der Waals surface area contributed by atoms with E-state index in [-0.39, 0.29) is 5.91 Å². The lowest BCUT2D eigenvalue weighted by Gasteiger charge is -2.01. The van der Waals surface area contributed by atoms with Crippen LogP contribution in [-0.2, 0) is 11.3 Å². The molecule has 3 nitrogen and oxygen atoms in total. The molecule has 0 unspecified atom stereocenters. The summed E-state index contributed by atoms with van der Waals surface area (Å²) in [5.41, 5.74) is 1.81. The lowest BCUT2D eigenvalue weighted by Crippen LogP contribution is -2.20. The Bertz CT molecular complexity index is 644. The molecule has 2 rings (SSSR count). The summed E-state index contributed by atoms with van der Waals surface area (Å²) >= 11 is 6.01. The summed E-state index contributed by atoms with van der Waals surface area (Å²) in [6, 6.07) is 9.30. The van der Waals surface area contributed by atoms with Gasteiger partial charge < -0.3 is 9.73 Å². The number of furan rings is 1. The number of hydrogen-bond acceptors (Lipinski definition) is 2. The van der Waals surface area contributed by atoms with Crippen molar-refractivity contribution < 1.29 is 9.21 Å². The predicted octanol–water partition coefficient (Wildman–Crippen LogP) is 3.88. The van der Waals surface area contributed by atoms with E-state index < -0.39 is 0 Å². The van der Waals surface area contributed by atoms with Crippen LogP contribution in [0.3, 0.4) is 0 Å². The Morgan fingerprint density at radius 1 is 1.35 bits per heavy atom. The van der Waals surface area contributed by atoms with E-state index in [0.29, 0.717) is 11.6 Å². The minimum Gasteiger partial charge on any atom is -0.466 e. The van der Waals surface area contributed by atoms with Crippen LogP contribution in [-0.4, -0.2) is 5.91 Å². The molecule has 104 valence electrons. The summed E-state index contributed by atoms with van der Waals surface area (Å²) in [7, 11) is 0. The summed E-state index contributed by atoms with van der Waals surface area (Å²) in [5.74, 6) is 1.51. The molecule has 0 saturated carbocycles. The fourth-order valence-corrected chi connectivity index (χ4v) is 2.07. The second-order valence-electron chi connectivity index (χ2n) is 4.51. The number of hydrogen-bond donors (Lipinski definition) is 1. The second kappa shape index (κ2) is 6.44. The van der Waals surface area contributed by atoms with Crippen molar-refractivity contribution in [1.29, 1.82) is 0 Å². The minimum absolute atomic E-state index is 0.164. The molecule has 1 aromatic heterocycles. The monoisotopic (exact) mass is 289 g/mol. The van der Waals surface area contributed by atoms with Crippen molar-refractivity contribution in [3.63, 3.8) is 0 Å². The van der Waals surface area contributed by atoms with Gasteiger partial charge in [-0.3, -0.25) is 4.79 Å². The molecule has 2 aromatic rings. The molecule has 0 aliphatic heterocycles. The maximum absolute atomic E-state index is 11.7. The molecule has 1 aromatic carbocycles. The van der Waals surface area contributed by atoms with Crippen molar-refractivity contribution in [3.8, 4) is 0 Å². The Kier molecular flexibility index (Phi) is 4.64. The number of halogens is 1. The first-order valence-corrected chi connectivity index (χ1v) is 6.70. The van der Waals surface area contributed by atoms with Gasteiger partial charge in [-0.25, -0.2) is 0 Å². The van der Waals surface area contributed by atoms with Gasteiger partial charge >= 0.3 is 0 Å². The highest BCUT2D eigenvalue weighted by Crippen LogP contribution is 2.16. The van der Waals surface area contributed by atoms with Crippen molar-refractivity contribution in [2.24, 2.45) is 0 Å². The van der Waals surface area contributed by atoms with Crippen LogP contribution in [0, 0.1) is 13.8 Å². The predicted molar refractivity (Wildman–Crippen MR) is 80.5 cm³/mol. The van der Waals surface area contributed by atoms with Gasteiger partial charge in [0.05, 0.1) is 0 Å². The zero-order valence-corrected chi connectivity index (χ0v) is 12.2. The van der Waals surface area contributed by atoms with E-state index in [2.05, 4.69) is 5.32 Å². The summed E-state index contributed by atoms with van der Waals surface area (Å²) in [5, 5.41) is 3.44. The third-order valence-electron chi connectivity index (χ3n) is 2.92. The third-order valence-corrected chi connectivity index (χ3v) is 3.26. The molecule has 1 amide bonds. The van der Waals surface area contributed by atoms with E-state index in [1.54, 1.807) is 12.1 Å². The van der Waals surface area contributed by atoms with Gasteiger partial charge in [0.2, 0.25) is 5.91 Å². The van der Waals surface area contributed by atoms with Crippen molar-refractivity contribution >= 4 is 23.6 Å². The highest BCUT2D eigenvalue weighted by Gasteiger charge is 2.05. The molecule has 0 spiro atoms. The molecule has 20 heavy (non-hydrogen) atoms. The van der Waals surface area contributed by atoms with E-state index in [0.717, 1.165) is 22.6 Å². The van der Waals surface area contributed by atoms with Gasteiger partial charge in [-0.15, -0.1) is 0 Å². The fraction of sp³-hybridized carbons (Fsp3) is 0.188. The first-order chi connectivity index (χ1) is 9.56. The Morgan fingerprint density at radius 2 is 2.10 bits per heavy atom. The third kappa shape index (κ3) is 3.75. The topological polar surface area (TPSA) is 42.2 Å². The summed E-state index contributed by atoms with van der Waals surface area (Å²) in [6.07, 6.45) is 3.18. The summed E-state index contributed by atoms with van der Waals surface area (Å²) < 4.78 is 5.41. The largest absolute Gasteiger partial charge is 0.466 e. The maximum Gasteiger partial charge on any atom is 0.244 e. The maximum atomic E-state index is 11.7. The number of nitrogens with one attached hydrogen (secondary N) is 1. The van der Waals surface area contributed by atoms with Crippen LogP contribution in [0.2, 0.25) is 5.02 Å². The molecular weight excluding hydrogens is 274 g/mol. The number of amides is 1. The highest BCUT2D eigenvalue weighted by atomic mass is 35.5. The van der Waals surface area contributed by atoms with Gasteiger partial charge in [-0.2, -0.15) is 0 Å². The molecule has 0 atom stereocenters. The molecule has 0 aliphatic carbocycles. The lowest BCUT2D eigenvalue weighted by atomic mass is 10.2. The van der Waals surface area contributed by atoms with Crippen molar-refractivity contribution in [3.05, 3.63) is 64.1 Å². The number of rotatable bonds is 4. The highest BCUT2D eigenvalue weighted by molar-refractivity contribution is 6.32. The van der Waals surface area contributed by atoms with E-state index in [9.17, 15) is 4.79 Å². The minimum atomic E-state index is -0.164. The molecule has 1 heterocycles. The number of aryl methyl sites for hydroxylation is 2. The lowest BCUT2D eigenvalue weighted by molar-refractivity contribution is -0.116. The first-order valence-electron chi connectivity index (χ1n) is 6.32. The van der Waals surface area contributed by atoms with Crippen molar-refractivity contribution in [2.75, 3.05) is 0 Å². The van der Waals surface area contributed by atoms with Crippen LogP contribution >= 0.6 is 11.6 Å². The summed E-state index contributed by atoms with van der Waals surface area (Å²) in [4.78, 5) is 11.7. The van der Waals surface area contributed by atoms with Gasteiger partial charge in [0.1, 0.15) is 11.5 Å². The molecular formula is C16H16ClNO2. The number of carbonyl (C=O) groups is 1. The fourth-order valence-electron chi connectivity index (χ4n) is 1.88. The van der Waals surface area contributed by atoms with Crippen molar-refractivity contribution in [1.82, 2.24) is 5.32 Å². The molecule has 0 aliphatic rings. The van der Waals surface area contributed by atoms with Crippen LogP contribution in [0.5, 0.6) is 0 Å². The summed E-state index contributed by atoms with van der Waals surface area (Å²) in [6.45, 7) is 4.22. The Balaban J connectivity index is 1.93. The van der Waals surface area contributed by atoms with E-state index in [4.69, 9.17) is 16.0 Å². The van der Waals surface area contributed by atoms with Gasteiger partial charge in [-0.1, -0.05) is 29.8 Å². The molecule has 0 saturated heterocycles. The van der Waals surface area contributed by atoms with Gasteiger partial charge in [0.15, 0.2) is 0 Å². The Hall–Kier alpha value is -2.00. The Labute approximate surface area is 123 Å². The molecule has 0 bridgehead atoms. The Morgan fingerprint density at radius 3 is 2.75 bits per heavy atom. The van der Waals surface area contributed by atoms with Crippen LogP contribution in [0.15, 0.2) is 40.8 Å². The van der Waals surface area contributed by atoms with Crippen LogP contribution in [0.1, 0.15) is 22.6 Å². The molecule has 4 heteroatoms. The van der Waals surface area contributed by atoms with Gasteiger partial charge in [-0.05, 0) is 37.6 Å². The standard InChI is InChI=1S/C16H16ClNO2/c1-11-9-14(12(2)20-11)10-18-16(19)8-7-13-5-3-4-6-15(13)17/h3-9H,10H2,1-2H3,(H,18,19)/b8-7+. The SMILES string of the molecule is Cc1cc(CNC(=O)/C=C/c2ccccc2Cl)c(C)o1. The first kappa shape index (κ1) is 14.4. The van der Waals surface area contributed by atoms with Crippen LogP contribution in [0.4, 0.5) is 0 Å². The number of benzene rings is 1. The van der Waals surface area contributed by atoms with E-state index in [1.165, 1.54) is 6.08 Å². The van der Waals surface area contributed by atoms with Crippen molar-refractivity contribution in [2.45, 2.75) is 20.4 Å². The molecule has 1 N–H and O–H groups in total. The van der Waals surface area contributed by atoms with Crippen LogP contribution < -0.4 is 5.32 Å².